The molecule has 192 valence electrons. The van der Waals surface area contributed by atoms with E-state index in [1.54, 1.807) is 0 Å². The minimum atomic E-state index is -1.62. The lowest BCUT2D eigenvalue weighted by atomic mass is 9.88. The van der Waals surface area contributed by atoms with Gasteiger partial charge in [-0.05, 0) is 6.42 Å². The Morgan fingerprint density at radius 3 is 0.939 bits per heavy atom. The standard InChI is InChI=1S/C6H14O3.C6H12O2Si.3C3H4O2/c1-2-6(3-7,4-8)5-9;1-5(6(7)8)9(2,3)4;3*1-2-3(4)5/h7-9H,2-5H2,1H3;1H2,2-4H3,(H,7,8);3*2H,1H2,(H,4,5). The number of aliphatic carboxylic acids is 4. The van der Waals surface area contributed by atoms with E-state index in [9.17, 15) is 19.2 Å². The van der Waals surface area contributed by atoms with E-state index in [-0.39, 0.29) is 19.8 Å². The Kier molecular flexibility index (Phi) is 28.8. The molecule has 0 bridgehead atoms. The van der Waals surface area contributed by atoms with Crippen LogP contribution in [0.4, 0.5) is 0 Å². The lowest BCUT2D eigenvalue weighted by Gasteiger charge is -2.24. The van der Waals surface area contributed by atoms with Gasteiger partial charge in [-0.25, -0.2) is 19.2 Å². The number of carboxylic acid groups (broad SMARTS) is 4. The highest BCUT2D eigenvalue weighted by molar-refractivity contribution is 6.86. The van der Waals surface area contributed by atoms with Gasteiger partial charge >= 0.3 is 23.9 Å². The summed E-state index contributed by atoms with van der Waals surface area (Å²) in [5.41, 5.74) is -0.667. The molecule has 7 N–H and O–H groups in total. The summed E-state index contributed by atoms with van der Waals surface area (Å²) in [5, 5.41) is 57.6. The first-order valence-electron chi connectivity index (χ1n) is 9.23. The maximum atomic E-state index is 10.3. The molecule has 0 saturated carbocycles. The van der Waals surface area contributed by atoms with E-state index >= 15 is 0 Å². The van der Waals surface area contributed by atoms with Crippen LogP contribution in [0.1, 0.15) is 13.3 Å². The second-order valence-electron chi connectivity index (χ2n) is 6.99. The minimum absolute atomic E-state index is 0.156. The largest absolute Gasteiger partial charge is 0.478 e. The molecule has 0 radical (unpaired) electrons. The van der Waals surface area contributed by atoms with Crippen LogP contribution in [0, 0.1) is 5.41 Å². The Morgan fingerprint density at radius 1 is 0.727 bits per heavy atom. The van der Waals surface area contributed by atoms with Crippen molar-refractivity contribution >= 4 is 32.0 Å². The zero-order valence-electron chi connectivity index (χ0n) is 19.7. The maximum Gasteiger partial charge on any atom is 0.327 e. The van der Waals surface area contributed by atoms with E-state index in [0.717, 1.165) is 18.2 Å². The van der Waals surface area contributed by atoms with Gasteiger partial charge in [0.15, 0.2) is 0 Å². The number of hydrogen-bond donors (Lipinski definition) is 7. The van der Waals surface area contributed by atoms with Crippen molar-refractivity contribution in [2.75, 3.05) is 19.8 Å². The molecule has 0 amide bonds. The molecular weight excluding hydrogens is 456 g/mol. The smallest absolute Gasteiger partial charge is 0.327 e. The Balaban J connectivity index is -0.000000102. The fourth-order valence-electron chi connectivity index (χ4n) is 0.806. The van der Waals surface area contributed by atoms with Crippen LogP contribution in [0.5, 0.6) is 0 Å². The highest BCUT2D eigenvalue weighted by atomic mass is 28.3. The summed E-state index contributed by atoms with van der Waals surface area (Å²) >= 11 is 0. The van der Waals surface area contributed by atoms with Gasteiger partial charge in [-0.3, -0.25) is 0 Å². The van der Waals surface area contributed by atoms with Crippen LogP contribution >= 0.6 is 0 Å². The summed E-state index contributed by atoms with van der Waals surface area (Å²) in [6, 6.07) is 0. The molecule has 33 heavy (non-hydrogen) atoms. The van der Waals surface area contributed by atoms with Gasteiger partial charge in [-0.1, -0.05) is 52.9 Å². The fourth-order valence-corrected chi connectivity index (χ4v) is 1.45. The summed E-state index contributed by atoms with van der Waals surface area (Å²) in [6.07, 6.45) is 3.09. The number of aliphatic hydroxyl groups excluding tert-OH is 3. The van der Waals surface area contributed by atoms with Gasteiger partial charge in [0.2, 0.25) is 0 Å². The quantitative estimate of drug-likeness (QED) is 0.181. The predicted octanol–water partition coefficient (Wildman–Crippen LogP) is 1.64. The van der Waals surface area contributed by atoms with Crippen LogP contribution in [0.3, 0.4) is 0 Å². The van der Waals surface area contributed by atoms with E-state index in [0.29, 0.717) is 11.6 Å². The topological polar surface area (TPSA) is 210 Å². The van der Waals surface area contributed by atoms with Crippen LogP contribution in [0.15, 0.2) is 49.7 Å². The molecule has 0 aliphatic rings. The highest BCUT2D eigenvalue weighted by Gasteiger charge is 2.25. The van der Waals surface area contributed by atoms with Gasteiger partial charge in [0.25, 0.3) is 0 Å². The Labute approximate surface area is 195 Å². The van der Waals surface area contributed by atoms with E-state index in [2.05, 4.69) is 26.3 Å². The first-order chi connectivity index (χ1) is 14.9. The molecule has 0 atom stereocenters. The molecule has 11 nitrogen and oxygen atoms in total. The summed E-state index contributed by atoms with van der Waals surface area (Å²) in [6.45, 7) is 19.6. The Morgan fingerprint density at radius 2 is 0.939 bits per heavy atom. The maximum absolute atomic E-state index is 10.3. The third-order valence-electron chi connectivity index (χ3n) is 3.44. The molecule has 0 rings (SSSR count). The Hall–Kier alpha value is -3.06. The lowest BCUT2D eigenvalue weighted by molar-refractivity contribution is -0.132. The minimum Gasteiger partial charge on any atom is -0.478 e. The van der Waals surface area contributed by atoms with E-state index < -0.39 is 37.4 Å². The number of aliphatic hydroxyl groups is 3. The summed E-state index contributed by atoms with van der Waals surface area (Å²) in [4.78, 5) is 38.0. The lowest BCUT2D eigenvalue weighted by Crippen LogP contribution is -2.32. The van der Waals surface area contributed by atoms with Gasteiger partial charge < -0.3 is 35.7 Å². The molecule has 0 aromatic rings. The molecule has 0 aromatic carbocycles. The van der Waals surface area contributed by atoms with Crippen LogP contribution in [0.2, 0.25) is 19.6 Å². The number of carbonyl (C=O) groups is 4. The zero-order chi connectivity index (χ0) is 27.8. The molecule has 0 aromatic heterocycles. The van der Waals surface area contributed by atoms with Crippen molar-refractivity contribution in [2.24, 2.45) is 5.41 Å². The first-order valence-corrected chi connectivity index (χ1v) is 12.7. The van der Waals surface area contributed by atoms with Gasteiger partial charge in [0, 0.05) is 28.8 Å². The molecular formula is C21H38O11Si. The third kappa shape index (κ3) is 33.8. The average molecular weight is 495 g/mol. The predicted molar refractivity (Wildman–Crippen MR) is 128 cm³/mol. The third-order valence-corrected chi connectivity index (χ3v) is 5.47. The van der Waals surface area contributed by atoms with Crippen LogP contribution < -0.4 is 0 Å². The monoisotopic (exact) mass is 494 g/mol. The summed E-state index contributed by atoms with van der Waals surface area (Å²) in [7, 11) is -1.62. The summed E-state index contributed by atoms with van der Waals surface area (Å²) < 4.78 is 0. The van der Waals surface area contributed by atoms with Crippen LogP contribution in [-0.4, -0.2) is 87.5 Å². The van der Waals surface area contributed by atoms with Crippen molar-refractivity contribution in [2.45, 2.75) is 33.0 Å². The molecule has 0 saturated heterocycles. The first kappa shape index (κ1) is 40.3. The fraction of sp³-hybridized carbons (Fsp3) is 0.429. The average Bonchev–Trinajstić information content (AvgIpc) is 2.76. The zero-order valence-corrected chi connectivity index (χ0v) is 20.7. The van der Waals surface area contributed by atoms with Gasteiger partial charge in [0.05, 0.1) is 27.9 Å². The second-order valence-corrected chi connectivity index (χ2v) is 12.1. The summed E-state index contributed by atoms with van der Waals surface area (Å²) in [5.74, 6) is -3.80. The molecule has 0 heterocycles. The molecule has 0 aliphatic heterocycles. The number of rotatable bonds is 9. The normalized spacial score (nSPS) is 9.18. The van der Waals surface area contributed by atoms with E-state index in [1.807, 2.05) is 26.6 Å². The number of carboxylic acids is 4. The molecule has 12 heteroatoms. The number of hydrogen-bond acceptors (Lipinski definition) is 7. The molecule has 0 unspecified atom stereocenters. The van der Waals surface area contributed by atoms with Crippen molar-refractivity contribution in [3.63, 3.8) is 0 Å². The van der Waals surface area contributed by atoms with Crippen molar-refractivity contribution in [3.05, 3.63) is 49.7 Å². The molecule has 0 aliphatic carbocycles. The van der Waals surface area contributed by atoms with Crippen LogP contribution in [-0.2, 0) is 19.2 Å². The van der Waals surface area contributed by atoms with Crippen molar-refractivity contribution < 1.29 is 54.9 Å². The van der Waals surface area contributed by atoms with Crippen molar-refractivity contribution in [1.29, 1.82) is 0 Å². The van der Waals surface area contributed by atoms with Crippen LogP contribution in [0.25, 0.3) is 0 Å². The SMILES string of the molecule is C=C(C(=O)O)[Si](C)(C)C.C=CC(=O)O.C=CC(=O)O.C=CC(=O)O.CCC(CO)(CO)CO. The van der Waals surface area contributed by atoms with Gasteiger partial charge in [-0.2, -0.15) is 0 Å². The Bertz CT molecular complexity index is 570. The molecule has 0 spiro atoms. The van der Waals surface area contributed by atoms with E-state index in [1.165, 1.54) is 0 Å². The highest BCUT2D eigenvalue weighted by Crippen LogP contribution is 2.18. The van der Waals surface area contributed by atoms with Gasteiger partial charge in [-0.15, -0.1) is 0 Å². The van der Waals surface area contributed by atoms with Crippen molar-refractivity contribution in [1.82, 2.24) is 0 Å². The van der Waals surface area contributed by atoms with Crippen molar-refractivity contribution in [3.8, 4) is 0 Å². The van der Waals surface area contributed by atoms with Gasteiger partial charge in [0.1, 0.15) is 0 Å². The second kappa shape index (κ2) is 23.6. The molecule has 0 fully saturated rings. The van der Waals surface area contributed by atoms with E-state index in [4.69, 9.17) is 35.7 Å².